The summed E-state index contributed by atoms with van der Waals surface area (Å²) in [4.78, 5) is 0. The minimum absolute atomic E-state index is 0.0200. The van der Waals surface area contributed by atoms with Gasteiger partial charge in [0.2, 0.25) is 0 Å². The van der Waals surface area contributed by atoms with Crippen molar-refractivity contribution in [3.8, 4) is 0 Å². The van der Waals surface area contributed by atoms with Gasteiger partial charge in [-0.25, -0.2) is 0 Å². The summed E-state index contributed by atoms with van der Waals surface area (Å²) < 4.78 is 15.5. The van der Waals surface area contributed by atoms with E-state index < -0.39 is 11.4 Å². The summed E-state index contributed by atoms with van der Waals surface area (Å²) >= 11 is 0. The van der Waals surface area contributed by atoms with Crippen molar-refractivity contribution in [1.29, 1.82) is 0 Å². The molecule has 3 heterocycles. The molecule has 15 heavy (non-hydrogen) atoms. The molecule has 0 aliphatic carbocycles. The summed E-state index contributed by atoms with van der Waals surface area (Å²) in [5, 5.41) is 20.1. The molecular weight excluding hydrogens is 200 g/mol. The second-order valence-electron chi connectivity index (χ2n) is 4.79. The molecule has 0 aromatic carbocycles. The van der Waals surface area contributed by atoms with Gasteiger partial charge in [0.25, 0.3) is 0 Å². The van der Waals surface area contributed by atoms with Gasteiger partial charge in [0, 0.05) is 12.8 Å². The Kier molecular flexibility index (Phi) is 1.95. The number of epoxide rings is 3. The minimum atomic E-state index is -1.79. The number of hydrogen-bond acceptors (Lipinski definition) is 5. The largest absolute Gasteiger partial charge is 0.373 e. The fraction of sp³-hybridized carbons (Fsp3) is 1.00. The molecule has 5 heteroatoms. The average molecular weight is 216 g/mol. The lowest BCUT2D eigenvalue weighted by molar-refractivity contribution is -0.216. The Morgan fingerprint density at radius 2 is 1.80 bits per heavy atom. The topological polar surface area (TPSA) is 78.0 Å². The molecular formula is C10H16O5. The second kappa shape index (κ2) is 2.93. The minimum Gasteiger partial charge on any atom is -0.373 e. The smallest absolute Gasteiger partial charge is 0.197 e. The fourth-order valence-corrected chi connectivity index (χ4v) is 2.28. The maximum Gasteiger partial charge on any atom is 0.197 e. The molecule has 3 aliphatic heterocycles. The van der Waals surface area contributed by atoms with Crippen LogP contribution in [0.25, 0.3) is 0 Å². The summed E-state index contributed by atoms with van der Waals surface area (Å²) in [5.41, 5.74) is -0.833. The molecule has 4 unspecified atom stereocenters. The van der Waals surface area contributed by atoms with E-state index in [9.17, 15) is 10.2 Å². The van der Waals surface area contributed by atoms with E-state index in [4.69, 9.17) is 14.2 Å². The Bertz CT molecular complexity index is 271. The highest BCUT2D eigenvalue weighted by Crippen LogP contribution is 2.51. The predicted octanol–water partition coefficient (Wildman–Crippen LogP) is -0.597. The van der Waals surface area contributed by atoms with Gasteiger partial charge in [-0.05, 0) is 6.92 Å². The Balaban J connectivity index is 1.69. The first-order valence-corrected chi connectivity index (χ1v) is 5.39. The van der Waals surface area contributed by atoms with E-state index in [0.717, 1.165) is 0 Å². The van der Waals surface area contributed by atoms with Crippen molar-refractivity contribution in [3.63, 3.8) is 0 Å². The molecule has 2 N–H and O–H groups in total. The van der Waals surface area contributed by atoms with Gasteiger partial charge in [0.15, 0.2) is 11.4 Å². The van der Waals surface area contributed by atoms with E-state index >= 15 is 0 Å². The van der Waals surface area contributed by atoms with Gasteiger partial charge in [-0.2, -0.15) is 0 Å². The van der Waals surface area contributed by atoms with Gasteiger partial charge < -0.3 is 24.4 Å². The van der Waals surface area contributed by atoms with E-state index in [0.29, 0.717) is 19.6 Å². The van der Waals surface area contributed by atoms with Crippen LogP contribution in [-0.4, -0.2) is 53.1 Å². The molecule has 3 fully saturated rings. The molecule has 0 radical (unpaired) electrons. The maximum absolute atomic E-state index is 10.1. The van der Waals surface area contributed by atoms with Crippen molar-refractivity contribution in [1.82, 2.24) is 0 Å². The number of ether oxygens (including phenoxy) is 3. The first kappa shape index (κ1) is 9.99. The lowest BCUT2D eigenvalue weighted by Gasteiger charge is -2.28. The molecule has 3 saturated heterocycles. The number of aliphatic hydroxyl groups is 2. The highest BCUT2D eigenvalue weighted by atomic mass is 16.7. The first-order valence-electron chi connectivity index (χ1n) is 5.39. The van der Waals surface area contributed by atoms with Gasteiger partial charge in [-0.3, -0.25) is 0 Å². The van der Waals surface area contributed by atoms with Gasteiger partial charge in [-0.15, -0.1) is 0 Å². The van der Waals surface area contributed by atoms with Crippen LogP contribution in [0.5, 0.6) is 0 Å². The fourth-order valence-electron chi connectivity index (χ4n) is 2.28. The molecule has 3 aliphatic rings. The monoisotopic (exact) mass is 216 g/mol. The average Bonchev–Trinajstić information content (AvgIpc) is 2.91. The molecule has 3 rings (SSSR count). The highest BCUT2D eigenvalue weighted by Gasteiger charge is 2.68. The van der Waals surface area contributed by atoms with Crippen molar-refractivity contribution in [2.24, 2.45) is 0 Å². The first-order chi connectivity index (χ1) is 7.03. The zero-order chi connectivity index (χ0) is 10.7. The standard InChI is InChI=1S/C10H16O5/c1-6-9(15-6,2-7-4-13-7)10(11,12)3-8-5-14-8/h6-8,11-12H,2-5H2,1H3. The lowest BCUT2D eigenvalue weighted by Crippen LogP contribution is -2.48. The zero-order valence-electron chi connectivity index (χ0n) is 8.68. The van der Waals surface area contributed by atoms with E-state index in [1.54, 1.807) is 0 Å². The van der Waals surface area contributed by atoms with Gasteiger partial charge in [0.05, 0.1) is 31.5 Å². The number of rotatable bonds is 5. The summed E-state index contributed by atoms with van der Waals surface area (Å²) in [5.74, 6) is -1.79. The van der Waals surface area contributed by atoms with E-state index in [2.05, 4.69) is 0 Å². The van der Waals surface area contributed by atoms with Crippen molar-refractivity contribution in [2.75, 3.05) is 13.2 Å². The third-order valence-corrected chi connectivity index (χ3v) is 3.51. The van der Waals surface area contributed by atoms with Crippen LogP contribution in [-0.2, 0) is 14.2 Å². The van der Waals surface area contributed by atoms with Crippen molar-refractivity contribution in [2.45, 2.75) is 49.5 Å². The van der Waals surface area contributed by atoms with Gasteiger partial charge in [-0.1, -0.05) is 0 Å². The van der Waals surface area contributed by atoms with Crippen LogP contribution in [0.15, 0.2) is 0 Å². The highest BCUT2D eigenvalue weighted by molar-refractivity contribution is 5.12. The van der Waals surface area contributed by atoms with Crippen LogP contribution in [0.1, 0.15) is 19.8 Å². The SMILES string of the molecule is CC1OC1(CC1CO1)C(O)(O)CC1CO1. The maximum atomic E-state index is 10.1. The predicted molar refractivity (Wildman–Crippen MR) is 49.2 cm³/mol. The molecule has 5 nitrogen and oxygen atoms in total. The molecule has 0 aromatic rings. The molecule has 86 valence electrons. The lowest BCUT2D eigenvalue weighted by atomic mass is 9.87. The van der Waals surface area contributed by atoms with E-state index in [1.165, 1.54) is 0 Å². The van der Waals surface area contributed by atoms with E-state index in [1.807, 2.05) is 6.92 Å². The van der Waals surface area contributed by atoms with Crippen molar-refractivity contribution >= 4 is 0 Å². The quantitative estimate of drug-likeness (QED) is 0.474. The molecule has 0 saturated carbocycles. The molecule has 0 spiro atoms. The summed E-state index contributed by atoms with van der Waals surface area (Å²) in [6, 6.07) is 0. The van der Waals surface area contributed by atoms with Crippen LogP contribution < -0.4 is 0 Å². The molecule has 0 aromatic heterocycles. The zero-order valence-corrected chi connectivity index (χ0v) is 8.68. The Morgan fingerprint density at radius 1 is 1.27 bits per heavy atom. The van der Waals surface area contributed by atoms with Crippen LogP contribution in [0.3, 0.4) is 0 Å². The molecule has 0 bridgehead atoms. The third-order valence-electron chi connectivity index (χ3n) is 3.51. The Hall–Kier alpha value is -0.200. The third kappa shape index (κ3) is 1.68. The normalized spacial score (nSPS) is 47.8. The number of hydrogen-bond donors (Lipinski definition) is 2. The van der Waals surface area contributed by atoms with Crippen molar-refractivity contribution in [3.05, 3.63) is 0 Å². The summed E-state index contributed by atoms with van der Waals surface area (Å²) in [6.45, 7) is 3.18. The van der Waals surface area contributed by atoms with Crippen LogP contribution in [0, 0.1) is 0 Å². The second-order valence-corrected chi connectivity index (χ2v) is 4.79. The van der Waals surface area contributed by atoms with Crippen molar-refractivity contribution < 1.29 is 24.4 Å². The molecule has 4 atom stereocenters. The summed E-state index contributed by atoms with van der Waals surface area (Å²) in [6.07, 6.45) is 0.787. The van der Waals surface area contributed by atoms with E-state index in [-0.39, 0.29) is 24.7 Å². The van der Waals surface area contributed by atoms with Crippen LogP contribution in [0.2, 0.25) is 0 Å². The van der Waals surface area contributed by atoms with Crippen LogP contribution in [0.4, 0.5) is 0 Å². The Morgan fingerprint density at radius 3 is 2.20 bits per heavy atom. The van der Waals surface area contributed by atoms with Gasteiger partial charge in [0.1, 0.15) is 0 Å². The van der Waals surface area contributed by atoms with Crippen LogP contribution >= 0.6 is 0 Å². The summed E-state index contributed by atoms with van der Waals surface area (Å²) in [7, 11) is 0. The molecule has 0 amide bonds. The Labute approximate surface area is 87.9 Å². The van der Waals surface area contributed by atoms with Gasteiger partial charge >= 0.3 is 0 Å².